The lowest BCUT2D eigenvalue weighted by Gasteiger charge is -2.16. The van der Waals surface area contributed by atoms with Crippen molar-refractivity contribution in [1.29, 1.82) is 0 Å². The first-order valence-electron chi connectivity index (χ1n) is 5.48. The normalized spacial score (nSPS) is 12.1. The van der Waals surface area contributed by atoms with Crippen molar-refractivity contribution in [3.63, 3.8) is 0 Å². The number of unbranched alkanes of at least 4 members (excludes halogenated alkanes) is 1. The summed E-state index contributed by atoms with van der Waals surface area (Å²) >= 11 is 0. The van der Waals surface area contributed by atoms with E-state index in [1.807, 2.05) is 0 Å². The predicted molar refractivity (Wildman–Crippen MR) is 65.7 cm³/mol. The zero-order valence-electron chi connectivity index (χ0n) is 9.59. The molecule has 1 aromatic rings. The van der Waals surface area contributed by atoms with E-state index >= 15 is 0 Å². The molecule has 1 heteroatoms. The molecule has 1 unspecified atom stereocenters. The molecule has 0 radical (unpaired) electrons. The van der Waals surface area contributed by atoms with Crippen LogP contribution in [0.25, 0.3) is 0 Å². The topological polar surface area (TPSA) is 12.0 Å². The maximum Gasteiger partial charge on any atom is 0.0294 e. The van der Waals surface area contributed by atoms with E-state index in [2.05, 4.69) is 49.4 Å². The Hall–Kier alpha value is -1.26. The van der Waals surface area contributed by atoms with Crippen LogP contribution in [-0.4, -0.2) is 6.54 Å². The van der Waals surface area contributed by atoms with Gasteiger partial charge >= 0.3 is 0 Å². The van der Waals surface area contributed by atoms with E-state index in [1.165, 1.54) is 11.1 Å². The number of nitrogens with one attached hydrogen (secondary N) is 1. The molecule has 0 amide bonds. The summed E-state index contributed by atoms with van der Waals surface area (Å²) in [6.45, 7) is 5.33. The Balaban J connectivity index is 2.44. The number of terminal acetylenes is 1. The molecule has 1 N–H and O–H groups in total. The van der Waals surface area contributed by atoms with Crippen molar-refractivity contribution >= 4 is 0 Å². The van der Waals surface area contributed by atoms with Crippen LogP contribution in [0.4, 0.5) is 0 Å². The minimum atomic E-state index is 0.406. The van der Waals surface area contributed by atoms with Gasteiger partial charge in [-0.1, -0.05) is 24.3 Å². The van der Waals surface area contributed by atoms with Crippen molar-refractivity contribution in [2.75, 3.05) is 6.54 Å². The molecule has 0 saturated carbocycles. The second-order valence-corrected chi connectivity index (χ2v) is 3.84. The van der Waals surface area contributed by atoms with E-state index in [0.29, 0.717) is 6.04 Å². The fourth-order valence-corrected chi connectivity index (χ4v) is 1.69. The van der Waals surface area contributed by atoms with Crippen LogP contribution in [-0.2, 0) is 0 Å². The summed E-state index contributed by atoms with van der Waals surface area (Å²) in [6.07, 6.45) is 7.11. The molecule has 1 rings (SSSR count). The third-order valence-corrected chi connectivity index (χ3v) is 2.60. The first kappa shape index (κ1) is 11.8. The monoisotopic (exact) mass is 201 g/mol. The van der Waals surface area contributed by atoms with Gasteiger partial charge in [-0.25, -0.2) is 0 Å². The summed E-state index contributed by atoms with van der Waals surface area (Å²) in [6, 6.07) is 8.89. The number of hydrogen-bond acceptors (Lipinski definition) is 1. The van der Waals surface area contributed by atoms with Gasteiger partial charge in [0.15, 0.2) is 0 Å². The second kappa shape index (κ2) is 6.27. The van der Waals surface area contributed by atoms with Crippen molar-refractivity contribution in [1.82, 2.24) is 5.32 Å². The van der Waals surface area contributed by atoms with Gasteiger partial charge in [0.2, 0.25) is 0 Å². The Morgan fingerprint density at radius 3 is 2.80 bits per heavy atom. The summed E-state index contributed by atoms with van der Waals surface area (Å²) in [5.74, 6) is 2.65. The Morgan fingerprint density at radius 1 is 1.40 bits per heavy atom. The van der Waals surface area contributed by atoms with Gasteiger partial charge in [-0.3, -0.25) is 0 Å². The predicted octanol–water partition coefficient (Wildman–Crippen LogP) is 3.06. The molecule has 0 fully saturated rings. The van der Waals surface area contributed by atoms with Crippen molar-refractivity contribution in [3.8, 4) is 12.3 Å². The molecule has 0 saturated heterocycles. The van der Waals surface area contributed by atoms with Crippen molar-refractivity contribution < 1.29 is 0 Å². The molecule has 0 aliphatic heterocycles. The van der Waals surface area contributed by atoms with E-state index < -0.39 is 0 Å². The average Bonchev–Trinajstić information content (AvgIpc) is 2.25. The fraction of sp³-hybridized carbons (Fsp3) is 0.429. The van der Waals surface area contributed by atoms with Crippen molar-refractivity contribution in [2.24, 2.45) is 0 Å². The van der Waals surface area contributed by atoms with Gasteiger partial charge in [-0.2, -0.15) is 0 Å². The highest BCUT2D eigenvalue weighted by Crippen LogP contribution is 2.16. The third-order valence-electron chi connectivity index (χ3n) is 2.60. The largest absolute Gasteiger partial charge is 0.310 e. The van der Waals surface area contributed by atoms with Crippen LogP contribution in [0.3, 0.4) is 0 Å². The quantitative estimate of drug-likeness (QED) is 0.570. The summed E-state index contributed by atoms with van der Waals surface area (Å²) in [5, 5.41) is 3.48. The molecular weight excluding hydrogens is 182 g/mol. The van der Waals surface area contributed by atoms with Crippen molar-refractivity contribution in [3.05, 3.63) is 35.4 Å². The maximum atomic E-state index is 5.20. The lowest BCUT2D eigenvalue weighted by atomic mass is 10.0. The minimum absolute atomic E-state index is 0.406. The van der Waals surface area contributed by atoms with Crippen LogP contribution in [0.1, 0.15) is 36.9 Å². The molecular formula is C14H19N. The van der Waals surface area contributed by atoms with E-state index in [9.17, 15) is 0 Å². The highest BCUT2D eigenvalue weighted by atomic mass is 14.9. The van der Waals surface area contributed by atoms with Gasteiger partial charge in [0.1, 0.15) is 0 Å². The Bertz CT molecular complexity index is 335. The molecule has 0 bridgehead atoms. The van der Waals surface area contributed by atoms with Crippen LogP contribution in [0.15, 0.2) is 24.3 Å². The summed E-state index contributed by atoms with van der Waals surface area (Å²) < 4.78 is 0. The average molecular weight is 201 g/mol. The van der Waals surface area contributed by atoms with Gasteiger partial charge in [0.25, 0.3) is 0 Å². The fourth-order valence-electron chi connectivity index (χ4n) is 1.69. The lowest BCUT2D eigenvalue weighted by Crippen LogP contribution is -2.20. The highest BCUT2D eigenvalue weighted by Gasteiger charge is 2.05. The lowest BCUT2D eigenvalue weighted by molar-refractivity contribution is 0.560. The smallest absolute Gasteiger partial charge is 0.0294 e. The summed E-state index contributed by atoms with van der Waals surface area (Å²) in [4.78, 5) is 0. The van der Waals surface area contributed by atoms with Crippen LogP contribution >= 0.6 is 0 Å². The van der Waals surface area contributed by atoms with Gasteiger partial charge in [-0.05, 0) is 37.9 Å². The van der Waals surface area contributed by atoms with Crippen molar-refractivity contribution in [2.45, 2.75) is 32.7 Å². The number of benzene rings is 1. The van der Waals surface area contributed by atoms with Gasteiger partial charge in [-0.15, -0.1) is 12.3 Å². The van der Waals surface area contributed by atoms with E-state index in [-0.39, 0.29) is 0 Å². The SMILES string of the molecule is C#CCCCNC(C)c1ccccc1C. The van der Waals surface area contributed by atoms with E-state index in [1.54, 1.807) is 0 Å². The first-order valence-corrected chi connectivity index (χ1v) is 5.48. The van der Waals surface area contributed by atoms with E-state index in [4.69, 9.17) is 6.42 Å². The number of hydrogen-bond donors (Lipinski definition) is 1. The standard InChI is InChI=1S/C14H19N/c1-4-5-8-11-15-13(3)14-10-7-6-9-12(14)2/h1,6-7,9-10,13,15H,5,8,11H2,2-3H3. The third kappa shape index (κ3) is 3.77. The highest BCUT2D eigenvalue weighted by molar-refractivity contribution is 5.28. The van der Waals surface area contributed by atoms with Crippen LogP contribution < -0.4 is 5.32 Å². The zero-order valence-corrected chi connectivity index (χ0v) is 9.59. The maximum absolute atomic E-state index is 5.20. The molecule has 1 nitrogen and oxygen atoms in total. The molecule has 1 atom stereocenters. The molecule has 80 valence electrons. The number of aryl methyl sites for hydroxylation is 1. The van der Waals surface area contributed by atoms with Crippen LogP contribution in [0.2, 0.25) is 0 Å². The second-order valence-electron chi connectivity index (χ2n) is 3.84. The molecule has 15 heavy (non-hydrogen) atoms. The Kier molecular flexibility index (Phi) is 4.93. The molecule has 0 spiro atoms. The molecule has 0 heterocycles. The Morgan fingerprint density at radius 2 is 2.13 bits per heavy atom. The molecule has 0 aliphatic carbocycles. The van der Waals surface area contributed by atoms with Crippen LogP contribution in [0, 0.1) is 19.3 Å². The minimum Gasteiger partial charge on any atom is -0.310 e. The Labute approximate surface area is 92.9 Å². The molecule has 1 aromatic carbocycles. The van der Waals surface area contributed by atoms with Crippen LogP contribution in [0.5, 0.6) is 0 Å². The van der Waals surface area contributed by atoms with Gasteiger partial charge < -0.3 is 5.32 Å². The van der Waals surface area contributed by atoms with E-state index in [0.717, 1.165) is 19.4 Å². The van der Waals surface area contributed by atoms with Gasteiger partial charge in [0, 0.05) is 12.5 Å². The summed E-state index contributed by atoms with van der Waals surface area (Å²) in [5.41, 5.74) is 2.72. The number of rotatable bonds is 5. The zero-order chi connectivity index (χ0) is 11.1. The first-order chi connectivity index (χ1) is 7.25. The molecule has 0 aliphatic rings. The summed E-state index contributed by atoms with van der Waals surface area (Å²) in [7, 11) is 0. The molecule has 0 aromatic heterocycles. The van der Waals surface area contributed by atoms with Gasteiger partial charge in [0.05, 0.1) is 0 Å².